The van der Waals surface area contributed by atoms with Gasteiger partial charge in [0.2, 0.25) is 0 Å². The molecule has 2 aromatic heterocycles. The van der Waals surface area contributed by atoms with Crippen LogP contribution in [-0.4, -0.2) is 92.9 Å². The van der Waals surface area contributed by atoms with Gasteiger partial charge in [-0.2, -0.15) is 5.10 Å². The highest BCUT2D eigenvalue weighted by Gasteiger charge is 2.23. The minimum absolute atomic E-state index is 0.0833. The van der Waals surface area contributed by atoms with Crippen molar-refractivity contribution in [2.75, 3.05) is 47.0 Å². The molecular weight excluding hydrogens is 610 g/mol. The Labute approximate surface area is 279 Å². The fourth-order valence-electron chi connectivity index (χ4n) is 5.96. The molecule has 0 aliphatic carbocycles. The number of ether oxygens (including phenoxy) is 3. The van der Waals surface area contributed by atoms with Crippen LogP contribution in [0.2, 0.25) is 0 Å². The number of benzene rings is 3. The molecule has 5 aromatic rings. The van der Waals surface area contributed by atoms with E-state index in [9.17, 15) is 9.59 Å². The number of rotatable bonds is 5. The average molecular weight is 650 g/mol. The maximum Gasteiger partial charge on any atom is 0.257 e. The van der Waals surface area contributed by atoms with Gasteiger partial charge < -0.3 is 28.6 Å². The van der Waals surface area contributed by atoms with E-state index in [-0.39, 0.29) is 18.4 Å². The van der Waals surface area contributed by atoms with Crippen LogP contribution in [0.4, 0.5) is 0 Å². The Hall–Kier alpha value is -5.65. The first-order valence-electron chi connectivity index (χ1n) is 16.1. The highest BCUT2D eigenvalue weighted by molar-refractivity contribution is 5.98. The van der Waals surface area contributed by atoms with E-state index in [0.29, 0.717) is 86.0 Å². The molecular formula is C36H39N7O5. The van der Waals surface area contributed by atoms with Crippen LogP contribution in [0.1, 0.15) is 40.0 Å². The first-order valence-corrected chi connectivity index (χ1v) is 16.1. The first-order chi connectivity index (χ1) is 23.6. The quantitative estimate of drug-likeness (QED) is 0.261. The normalized spacial score (nSPS) is 14.4. The fraction of sp³-hybridized carbons (Fsp3) is 0.306. The maximum absolute atomic E-state index is 14.1. The summed E-state index contributed by atoms with van der Waals surface area (Å²) in [5, 5.41) is 4.26. The summed E-state index contributed by atoms with van der Waals surface area (Å²) >= 11 is 0. The molecule has 0 unspecified atom stereocenters. The van der Waals surface area contributed by atoms with Crippen molar-refractivity contribution >= 4 is 11.8 Å². The molecule has 6 rings (SSSR count). The zero-order valence-corrected chi connectivity index (χ0v) is 27.2. The zero-order valence-electron chi connectivity index (χ0n) is 27.2. The molecule has 0 saturated heterocycles. The monoisotopic (exact) mass is 649 g/mol. The summed E-state index contributed by atoms with van der Waals surface area (Å²) in [6, 6.07) is 20.4. The van der Waals surface area contributed by atoms with Gasteiger partial charge in [-0.05, 0) is 61.7 Å². The summed E-state index contributed by atoms with van der Waals surface area (Å²) in [4.78, 5) is 40.4. The molecule has 1 aliphatic heterocycles. The number of hydrogen-bond donors (Lipinski definition) is 0. The van der Waals surface area contributed by atoms with Gasteiger partial charge in [0.15, 0.2) is 11.5 Å². The molecule has 0 N–H and O–H groups in total. The number of nitrogens with zero attached hydrogens (tertiary/aromatic N) is 7. The van der Waals surface area contributed by atoms with Gasteiger partial charge in [0.25, 0.3) is 11.8 Å². The molecule has 2 bridgehead atoms. The minimum Gasteiger partial charge on any atom is -0.496 e. The predicted octanol–water partition coefficient (Wildman–Crippen LogP) is 5.00. The number of imidazole rings is 1. The summed E-state index contributed by atoms with van der Waals surface area (Å²) in [7, 11) is 3.16. The van der Waals surface area contributed by atoms with Crippen molar-refractivity contribution in [3.8, 4) is 34.3 Å². The lowest BCUT2D eigenvalue weighted by Crippen LogP contribution is -2.37. The van der Waals surface area contributed by atoms with E-state index in [2.05, 4.69) is 19.6 Å². The van der Waals surface area contributed by atoms with E-state index < -0.39 is 0 Å². The lowest BCUT2D eigenvalue weighted by atomic mass is 10.1. The molecule has 2 amide bonds. The van der Waals surface area contributed by atoms with Crippen molar-refractivity contribution in [1.29, 1.82) is 0 Å². The lowest BCUT2D eigenvalue weighted by Gasteiger charge is -2.26. The third kappa shape index (κ3) is 7.17. The zero-order chi connectivity index (χ0) is 33.3. The smallest absolute Gasteiger partial charge is 0.257 e. The Morgan fingerprint density at radius 1 is 0.771 bits per heavy atom. The molecule has 12 heteroatoms. The average Bonchev–Trinajstić information content (AvgIpc) is 3.84. The topological polar surface area (TPSA) is 117 Å². The second kappa shape index (κ2) is 15.3. The van der Waals surface area contributed by atoms with Gasteiger partial charge in [0.05, 0.1) is 37.6 Å². The van der Waals surface area contributed by atoms with Crippen LogP contribution in [-0.2, 0) is 6.54 Å². The standard InChI is InChI=1S/C36H39N7O5/c1-46-31-13-6-4-11-29(31)36(45)42-18-8-7-17-41(35(44)28-10-3-5-12-30(28)43-26-37-25-39-43)20-9-19-40-21-16-38-34(40)27-14-15-32(47-2)33(24-27)48-23-22-42/h3-6,10-16,21,24-26H,7-9,17-20,22-23H2,1-2H3. The van der Waals surface area contributed by atoms with Crippen molar-refractivity contribution in [3.63, 3.8) is 0 Å². The molecule has 0 saturated carbocycles. The molecule has 0 radical (unpaired) electrons. The fourth-order valence-corrected chi connectivity index (χ4v) is 5.96. The lowest BCUT2D eigenvalue weighted by molar-refractivity contribution is 0.0701. The molecule has 0 spiro atoms. The van der Waals surface area contributed by atoms with E-state index in [1.54, 1.807) is 48.5 Å². The largest absolute Gasteiger partial charge is 0.496 e. The number of carbonyl (C=O) groups excluding carboxylic acids is 2. The molecule has 1 aliphatic rings. The Bertz CT molecular complexity index is 1840. The summed E-state index contributed by atoms with van der Waals surface area (Å²) < 4.78 is 21.0. The van der Waals surface area contributed by atoms with Crippen molar-refractivity contribution < 1.29 is 23.8 Å². The van der Waals surface area contributed by atoms with Gasteiger partial charge in [-0.25, -0.2) is 14.6 Å². The number of methoxy groups -OCH3 is 2. The Kier molecular flexibility index (Phi) is 10.3. The minimum atomic E-state index is -0.147. The molecule has 3 heterocycles. The van der Waals surface area contributed by atoms with E-state index in [1.165, 1.54) is 6.33 Å². The summed E-state index contributed by atoms with van der Waals surface area (Å²) in [6.45, 7) is 2.78. The highest BCUT2D eigenvalue weighted by atomic mass is 16.5. The van der Waals surface area contributed by atoms with Crippen molar-refractivity contribution in [1.82, 2.24) is 34.1 Å². The second-order valence-corrected chi connectivity index (χ2v) is 11.4. The molecule has 3 aromatic carbocycles. The number of aromatic nitrogens is 5. The van der Waals surface area contributed by atoms with Gasteiger partial charge in [0.1, 0.15) is 30.8 Å². The van der Waals surface area contributed by atoms with Crippen molar-refractivity contribution in [2.45, 2.75) is 25.8 Å². The summed E-state index contributed by atoms with van der Waals surface area (Å²) in [5.74, 6) is 2.24. The Morgan fingerprint density at radius 2 is 1.48 bits per heavy atom. The molecule has 12 nitrogen and oxygen atoms in total. The summed E-state index contributed by atoms with van der Waals surface area (Å²) in [6.07, 6.45) is 8.84. The van der Waals surface area contributed by atoms with Gasteiger partial charge in [-0.1, -0.05) is 24.3 Å². The van der Waals surface area contributed by atoms with E-state index in [0.717, 1.165) is 11.4 Å². The number of amides is 2. The van der Waals surface area contributed by atoms with Crippen LogP contribution in [0.25, 0.3) is 17.1 Å². The van der Waals surface area contributed by atoms with Crippen LogP contribution in [0, 0.1) is 0 Å². The third-order valence-electron chi connectivity index (χ3n) is 8.40. The first kappa shape index (κ1) is 32.3. The maximum atomic E-state index is 14.1. The predicted molar refractivity (Wildman–Crippen MR) is 180 cm³/mol. The van der Waals surface area contributed by atoms with E-state index in [1.807, 2.05) is 65.7 Å². The highest BCUT2D eigenvalue weighted by Crippen LogP contribution is 2.32. The van der Waals surface area contributed by atoms with Crippen molar-refractivity contribution in [3.05, 3.63) is 103 Å². The molecule has 48 heavy (non-hydrogen) atoms. The van der Waals surface area contributed by atoms with Gasteiger partial charge in [0, 0.05) is 44.1 Å². The van der Waals surface area contributed by atoms with E-state index >= 15 is 0 Å². The van der Waals surface area contributed by atoms with Crippen LogP contribution in [0.15, 0.2) is 91.8 Å². The number of hydrogen-bond acceptors (Lipinski definition) is 8. The number of aryl methyl sites for hydroxylation is 1. The Balaban J connectivity index is 1.30. The number of para-hydroxylation sites is 2. The van der Waals surface area contributed by atoms with Gasteiger partial charge in [-0.15, -0.1) is 0 Å². The third-order valence-corrected chi connectivity index (χ3v) is 8.40. The van der Waals surface area contributed by atoms with Crippen LogP contribution >= 0.6 is 0 Å². The second-order valence-electron chi connectivity index (χ2n) is 11.4. The van der Waals surface area contributed by atoms with Crippen molar-refractivity contribution in [2.24, 2.45) is 0 Å². The van der Waals surface area contributed by atoms with Gasteiger partial charge >= 0.3 is 0 Å². The number of carbonyl (C=O) groups is 2. The molecule has 0 atom stereocenters. The van der Waals surface area contributed by atoms with Crippen LogP contribution in [0.5, 0.6) is 17.2 Å². The van der Waals surface area contributed by atoms with Crippen LogP contribution < -0.4 is 14.2 Å². The summed E-state index contributed by atoms with van der Waals surface area (Å²) in [5.41, 5.74) is 2.58. The molecule has 0 fully saturated rings. The SMILES string of the molecule is COc1ccc2cc1OCCN(C(=O)c1ccccc1OC)CCCCN(C(=O)c1ccccc1-n1cncn1)CCCn1ccnc1-2. The van der Waals surface area contributed by atoms with E-state index in [4.69, 9.17) is 14.2 Å². The van der Waals surface area contributed by atoms with Crippen LogP contribution in [0.3, 0.4) is 0 Å². The number of fused-ring (bicyclic) bond motifs is 4. The Morgan fingerprint density at radius 3 is 2.25 bits per heavy atom. The molecule has 248 valence electrons. The van der Waals surface area contributed by atoms with Gasteiger partial charge in [-0.3, -0.25) is 9.59 Å².